The molecule has 1 aromatic rings. The van der Waals surface area contributed by atoms with Crippen LogP contribution in [0.3, 0.4) is 0 Å². The van der Waals surface area contributed by atoms with Gasteiger partial charge in [-0.25, -0.2) is 0 Å². The maximum atomic E-state index is 3.49. The summed E-state index contributed by atoms with van der Waals surface area (Å²) < 4.78 is 0. The van der Waals surface area contributed by atoms with E-state index < -0.39 is 0 Å². The highest BCUT2D eigenvalue weighted by molar-refractivity contribution is 5.85. The molecule has 0 spiro atoms. The maximum Gasteiger partial charge on any atom is 0.0402 e. The Morgan fingerprint density at radius 2 is 1.12 bits per heavy atom. The van der Waals surface area contributed by atoms with E-state index in [2.05, 4.69) is 65.6 Å². The quantitative estimate of drug-likeness (QED) is 0.777. The topological polar surface area (TPSA) is 15.3 Å². The van der Waals surface area contributed by atoms with Crippen LogP contribution < -0.4 is 5.32 Å². The molecule has 0 saturated carbocycles. The Balaban J connectivity index is 0.00000264. The summed E-state index contributed by atoms with van der Waals surface area (Å²) in [6.45, 7) is 23.2. The van der Waals surface area contributed by atoms with Gasteiger partial charge in [-0.1, -0.05) is 20.8 Å². The summed E-state index contributed by atoms with van der Waals surface area (Å²) in [7, 11) is 0. The molecule has 1 aliphatic rings. The number of hydrogen-bond donors (Lipinski definition) is 1. The zero-order valence-corrected chi connectivity index (χ0v) is 18.3. The lowest BCUT2D eigenvalue weighted by molar-refractivity contribution is 0.0852. The number of benzene rings is 1. The van der Waals surface area contributed by atoms with Crippen molar-refractivity contribution in [1.29, 1.82) is 0 Å². The highest BCUT2D eigenvalue weighted by Gasteiger charge is 2.35. The van der Waals surface area contributed by atoms with Gasteiger partial charge < -0.3 is 5.32 Å². The third-order valence-electron chi connectivity index (χ3n) is 5.67. The normalized spacial score (nSPS) is 17.0. The highest BCUT2D eigenvalue weighted by Crippen LogP contribution is 2.43. The smallest absolute Gasteiger partial charge is 0.0402 e. The van der Waals surface area contributed by atoms with Gasteiger partial charge in [-0.05, 0) is 73.4 Å². The second kappa shape index (κ2) is 8.89. The van der Waals surface area contributed by atoms with Gasteiger partial charge in [-0.2, -0.15) is 0 Å². The van der Waals surface area contributed by atoms with Crippen LogP contribution in [-0.2, 0) is 0 Å². The summed E-state index contributed by atoms with van der Waals surface area (Å²) in [6, 6.07) is 0.493. The maximum absolute atomic E-state index is 3.49. The molecule has 2 rings (SSSR count). The lowest BCUT2D eigenvalue weighted by Crippen LogP contribution is -2.48. The van der Waals surface area contributed by atoms with Crippen LogP contribution in [0.2, 0.25) is 0 Å². The fourth-order valence-electron chi connectivity index (χ4n) is 4.04. The average molecular weight is 375 g/mol. The first-order valence-corrected chi connectivity index (χ1v) is 8.68. The van der Waals surface area contributed by atoms with Crippen molar-refractivity contribution in [2.75, 3.05) is 26.2 Å². The number of nitrogens with zero attached hydrogens (tertiary/aromatic N) is 1. The Labute approximate surface area is 161 Å². The minimum absolute atomic E-state index is 0. The lowest BCUT2D eigenvalue weighted by atomic mass is 9.75. The molecule has 1 aromatic carbocycles. The zero-order chi connectivity index (χ0) is 16.7. The van der Waals surface area contributed by atoms with Gasteiger partial charge in [-0.3, -0.25) is 4.90 Å². The van der Waals surface area contributed by atoms with Crippen LogP contribution in [0.15, 0.2) is 0 Å². The summed E-state index contributed by atoms with van der Waals surface area (Å²) in [5, 5.41) is 3.49. The monoisotopic (exact) mass is 374 g/mol. The van der Waals surface area contributed by atoms with E-state index >= 15 is 0 Å². The fraction of sp³-hybridized carbons (Fsp3) is 0.700. The molecule has 0 unspecified atom stereocenters. The van der Waals surface area contributed by atoms with E-state index in [-0.39, 0.29) is 30.2 Å². The van der Waals surface area contributed by atoms with E-state index in [0.717, 1.165) is 26.2 Å². The molecule has 2 nitrogen and oxygen atoms in total. The van der Waals surface area contributed by atoms with Gasteiger partial charge >= 0.3 is 0 Å². The molecule has 0 radical (unpaired) electrons. The summed E-state index contributed by atoms with van der Waals surface area (Å²) in [4.78, 5) is 2.69. The van der Waals surface area contributed by atoms with Crippen LogP contribution in [0.4, 0.5) is 0 Å². The van der Waals surface area contributed by atoms with E-state index in [9.17, 15) is 0 Å². The predicted octanol–water partition coefficient (Wildman–Crippen LogP) is 5.06. The van der Waals surface area contributed by atoms with E-state index in [0.29, 0.717) is 6.04 Å². The van der Waals surface area contributed by atoms with Gasteiger partial charge in [0.05, 0.1) is 0 Å². The Kier molecular flexibility index (Phi) is 8.79. The van der Waals surface area contributed by atoms with Gasteiger partial charge in [-0.15, -0.1) is 24.8 Å². The molecule has 1 atom stereocenters. The molecule has 0 bridgehead atoms. The molecule has 24 heavy (non-hydrogen) atoms. The highest BCUT2D eigenvalue weighted by atomic mass is 35.5. The number of hydrogen-bond acceptors (Lipinski definition) is 2. The number of nitrogens with one attached hydrogen (secondary N) is 1. The Morgan fingerprint density at radius 1 is 0.750 bits per heavy atom. The SMILES string of the molecule is Cc1c(C)c(C)c([C@H](N2CCNCC2)C(C)(C)C)c(C)c1C.Cl.Cl. The van der Waals surface area contributed by atoms with Crippen molar-refractivity contribution < 1.29 is 0 Å². The lowest BCUT2D eigenvalue weighted by Gasteiger charge is -2.44. The fourth-order valence-corrected chi connectivity index (χ4v) is 4.04. The van der Waals surface area contributed by atoms with Crippen molar-refractivity contribution in [3.63, 3.8) is 0 Å². The van der Waals surface area contributed by atoms with Crippen LogP contribution in [0, 0.1) is 40.0 Å². The van der Waals surface area contributed by atoms with Gasteiger partial charge in [0.15, 0.2) is 0 Å². The second-order valence-corrected chi connectivity index (χ2v) is 8.09. The van der Waals surface area contributed by atoms with Crippen molar-refractivity contribution in [1.82, 2.24) is 10.2 Å². The van der Waals surface area contributed by atoms with Crippen LogP contribution in [-0.4, -0.2) is 31.1 Å². The van der Waals surface area contributed by atoms with E-state index in [4.69, 9.17) is 0 Å². The van der Waals surface area contributed by atoms with Crippen LogP contribution in [0.1, 0.15) is 60.2 Å². The van der Waals surface area contributed by atoms with Crippen LogP contribution in [0.5, 0.6) is 0 Å². The number of halogens is 2. The molecule has 1 fully saturated rings. The molecule has 1 saturated heterocycles. The second-order valence-electron chi connectivity index (χ2n) is 8.09. The summed E-state index contributed by atoms with van der Waals surface area (Å²) in [5.74, 6) is 0. The first kappa shape index (κ1) is 23.7. The van der Waals surface area contributed by atoms with E-state index in [1.807, 2.05) is 0 Å². The third kappa shape index (κ3) is 4.46. The average Bonchev–Trinajstić information content (AvgIpc) is 2.47. The minimum atomic E-state index is 0. The molecule has 1 aliphatic heterocycles. The van der Waals surface area contributed by atoms with Crippen molar-refractivity contribution >= 4 is 24.8 Å². The van der Waals surface area contributed by atoms with Crippen LogP contribution >= 0.6 is 24.8 Å². The minimum Gasteiger partial charge on any atom is -0.314 e. The summed E-state index contributed by atoms with van der Waals surface area (Å²) in [5.41, 5.74) is 9.23. The molecule has 0 aliphatic carbocycles. The summed E-state index contributed by atoms with van der Waals surface area (Å²) >= 11 is 0. The standard InChI is InChI=1S/C20H34N2.2ClH/c1-13-14(2)16(4)18(17(5)15(13)3)19(20(6,7)8)22-11-9-21-10-12-22;;/h19,21H,9-12H2,1-8H3;2*1H/t19-;;/m0../s1. The molecule has 0 amide bonds. The van der Waals surface area contributed by atoms with E-state index in [1.54, 1.807) is 5.56 Å². The number of rotatable bonds is 2. The molecular weight excluding hydrogens is 339 g/mol. The Bertz CT molecular complexity index is 527. The van der Waals surface area contributed by atoms with Gasteiger partial charge in [0.1, 0.15) is 0 Å². The van der Waals surface area contributed by atoms with Crippen molar-refractivity contribution in [3.05, 3.63) is 33.4 Å². The third-order valence-corrected chi connectivity index (χ3v) is 5.67. The Morgan fingerprint density at radius 3 is 1.50 bits per heavy atom. The first-order valence-electron chi connectivity index (χ1n) is 8.68. The van der Waals surface area contributed by atoms with Crippen LogP contribution in [0.25, 0.3) is 0 Å². The molecule has 0 aromatic heterocycles. The van der Waals surface area contributed by atoms with Gasteiger partial charge in [0.25, 0.3) is 0 Å². The molecule has 140 valence electrons. The van der Waals surface area contributed by atoms with E-state index in [1.165, 1.54) is 27.8 Å². The van der Waals surface area contributed by atoms with Crippen molar-refractivity contribution in [2.45, 2.75) is 61.4 Å². The van der Waals surface area contributed by atoms with Crippen molar-refractivity contribution in [2.24, 2.45) is 5.41 Å². The van der Waals surface area contributed by atoms with Gasteiger partial charge in [0.2, 0.25) is 0 Å². The summed E-state index contributed by atoms with van der Waals surface area (Å²) in [6.07, 6.45) is 0. The first-order chi connectivity index (χ1) is 10.2. The molecule has 1 N–H and O–H groups in total. The van der Waals surface area contributed by atoms with Crippen molar-refractivity contribution in [3.8, 4) is 0 Å². The number of piperazine rings is 1. The predicted molar refractivity (Wildman–Crippen MR) is 111 cm³/mol. The molecule has 1 heterocycles. The Hall–Kier alpha value is -0.280. The largest absolute Gasteiger partial charge is 0.314 e. The molecular formula is C20H36Cl2N2. The van der Waals surface area contributed by atoms with Gasteiger partial charge in [0, 0.05) is 32.2 Å². The molecule has 4 heteroatoms. The zero-order valence-electron chi connectivity index (χ0n) is 16.7.